The zero-order valence-corrected chi connectivity index (χ0v) is 10.8. The molecule has 0 bridgehead atoms. The maximum absolute atomic E-state index is 11.6. The second-order valence-corrected chi connectivity index (χ2v) is 8.78. The molecule has 0 spiro atoms. The summed E-state index contributed by atoms with van der Waals surface area (Å²) in [7, 11) is -2.67. The number of β-lactam (4-membered cyclic amide) rings is 1. The molecule has 7 nitrogen and oxygen atoms in total. The van der Waals surface area contributed by atoms with Gasteiger partial charge in [-0.1, -0.05) is 10.0 Å². The monoisotopic (exact) mass is 277 g/mol. The normalized spacial score (nSPS) is 40.6. The smallest absolute Gasteiger partial charge is 0.351 e. The van der Waals surface area contributed by atoms with Crippen molar-refractivity contribution in [2.75, 3.05) is 5.94 Å². The van der Waals surface area contributed by atoms with Gasteiger partial charge in [-0.15, -0.1) is 0 Å². The van der Waals surface area contributed by atoms with Gasteiger partial charge in [-0.3, -0.25) is 4.79 Å². The Balaban J connectivity index is 2.60. The molecule has 2 rings (SSSR count). The summed E-state index contributed by atoms with van der Waals surface area (Å²) < 4.78 is -1.16. The standard InChI is InChI=1S/C10H15NO6S/c1-10(2)7(8(14)15)11-5(13)3-6(11)18(10,4-12)9(16)17/h6-7,12H,3-4H2,1-2H3,(H,14,15)(H,16,17)/t6-,7+/m1/s1. The van der Waals surface area contributed by atoms with Gasteiger partial charge in [-0.25, -0.2) is 9.59 Å². The molecule has 0 aliphatic carbocycles. The number of carboxylic acids is 1. The van der Waals surface area contributed by atoms with E-state index in [1.807, 2.05) is 0 Å². The number of hydrogen-bond donors (Lipinski definition) is 3. The van der Waals surface area contributed by atoms with Crippen LogP contribution < -0.4 is 0 Å². The van der Waals surface area contributed by atoms with Crippen molar-refractivity contribution in [1.29, 1.82) is 0 Å². The number of aliphatic hydroxyl groups excluding tert-OH is 1. The van der Waals surface area contributed by atoms with Gasteiger partial charge >= 0.3 is 11.3 Å². The van der Waals surface area contributed by atoms with E-state index < -0.39 is 43.4 Å². The van der Waals surface area contributed by atoms with Gasteiger partial charge in [-0.05, 0) is 13.8 Å². The van der Waals surface area contributed by atoms with E-state index >= 15 is 0 Å². The molecule has 3 N–H and O–H groups in total. The molecule has 2 saturated heterocycles. The van der Waals surface area contributed by atoms with E-state index in [1.54, 1.807) is 0 Å². The molecule has 18 heavy (non-hydrogen) atoms. The van der Waals surface area contributed by atoms with Crippen LogP contribution in [0.2, 0.25) is 0 Å². The number of fused-ring (bicyclic) bond motifs is 1. The Morgan fingerprint density at radius 3 is 2.28 bits per heavy atom. The van der Waals surface area contributed by atoms with Crippen LogP contribution in [-0.4, -0.2) is 59.5 Å². The number of nitrogens with zero attached hydrogens (tertiary/aromatic N) is 1. The quantitative estimate of drug-likeness (QED) is 0.622. The van der Waals surface area contributed by atoms with Gasteiger partial charge in [0.1, 0.15) is 6.04 Å². The van der Waals surface area contributed by atoms with E-state index in [4.69, 9.17) is 0 Å². The molecular weight excluding hydrogens is 262 g/mol. The number of rotatable bonds is 2. The molecule has 2 fully saturated rings. The third-order valence-corrected chi connectivity index (χ3v) is 8.49. The fourth-order valence-electron chi connectivity index (χ4n) is 3.00. The Morgan fingerprint density at radius 2 is 2.00 bits per heavy atom. The maximum Gasteiger partial charge on any atom is 0.351 e. The number of hydrogen-bond acceptors (Lipinski definition) is 4. The number of carboxylic acid groups (broad SMARTS) is 2. The summed E-state index contributed by atoms with van der Waals surface area (Å²) in [6.07, 6.45) is 0.00933. The van der Waals surface area contributed by atoms with Crippen LogP contribution in [0.5, 0.6) is 0 Å². The summed E-state index contributed by atoms with van der Waals surface area (Å²) in [4.78, 5) is 35.6. The van der Waals surface area contributed by atoms with Crippen molar-refractivity contribution in [3.8, 4) is 0 Å². The minimum Gasteiger partial charge on any atom is -0.480 e. The molecule has 2 heterocycles. The summed E-state index contributed by atoms with van der Waals surface area (Å²) in [6.45, 7) is 3.02. The average Bonchev–Trinajstić information content (AvgIpc) is 2.40. The minimum absolute atomic E-state index is 0.00933. The molecule has 0 aromatic rings. The zero-order valence-electron chi connectivity index (χ0n) is 9.99. The van der Waals surface area contributed by atoms with Gasteiger partial charge in [-0.2, -0.15) is 0 Å². The lowest BCUT2D eigenvalue weighted by atomic mass is 9.98. The molecular formula is C10H15NO6S. The van der Waals surface area contributed by atoms with Crippen LogP contribution in [0.25, 0.3) is 0 Å². The lowest BCUT2D eigenvalue weighted by Crippen LogP contribution is -2.57. The fraction of sp³-hybridized carbons (Fsp3) is 0.700. The van der Waals surface area contributed by atoms with Crippen molar-refractivity contribution < 1.29 is 29.7 Å². The Labute approximate surface area is 105 Å². The maximum atomic E-state index is 11.6. The summed E-state index contributed by atoms with van der Waals surface area (Å²) in [5, 5.41) is 26.4. The summed E-state index contributed by atoms with van der Waals surface area (Å²) in [6, 6.07) is -1.18. The number of aliphatic hydroxyl groups is 1. The highest BCUT2D eigenvalue weighted by Crippen LogP contribution is 2.73. The van der Waals surface area contributed by atoms with Crippen LogP contribution in [0.15, 0.2) is 0 Å². The number of amides is 1. The third kappa shape index (κ3) is 1.17. The van der Waals surface area contributed by atoms with Gasteiger partial charge in [0, 0.05) is 4.75 Å². The first-order valence-corrected chi connectivity index (χ1v) is 7.25. The topological polar surface area (TPSA) is 115 Å². The Bertz CT molecular complexity index is 450. The van der Waals surface area contributed by atoms with Crippen molar-refractivity contribution in [1.82, 2.24) is 4.90 Å². The molecule has 1 unspecified atom stereocenters. The fourth-order valence-corrected chi connectivity index (χ4v) is 6.66. The molecule has 2 aliphatic rings. The van der Waals surface area contributed by atoms with Crippen LogP contribution >= 0.6 is 10.0 Å². The summed E-state index contributed by atoms with van der Waals surface area (Å²) >= 11 is 0. The third-order valence-electron chi connectivity index (χ3n) is 4.04. The van der Waals surface area contributed by atoms with Gasteiger partial charge in [0.2, 0.25) is 5.91 Å². The Hall–Kier alpha value is -1.28. The molecule has 0 radical (unpaired) electrons. The molecule has 0 aromatic carbocycles. The largest absolute Gasteiger partial charge is 0.480 e. The highest BCUT2D eigenvalue weighted by molar-refractivity contribution is 8.46. The van der Waals surface area contributed by atoms with Gasteiger partial charge in [0.25, 0.3) is 0 Å². The Kier molecular flexibility index (Phi) is 2.64. The van der Waals surface area contributed by atoms with Crippen LogP contribution in [0.3, 0.4) is 0 Å². The predicted molar refractivity (Wildman–Crippen MR) is 63.5 cm³/mol. The lowest BCUT2D eigenvalue weighted by molar-refractivity contribution is -0.157. The van der Waals surface area contributed by atoms with Crippen molar-refractivity contribution in [3.63, 3.8) is 0 Å². The van der Waals surface area contributed by atoms with Crippen molar-refractivity contribution in [3.05, 3.63) is 0 Å². The van der Waals surface area contributed by atoms with Crippen LogP contribution in [0.4, 0.5) is 4.79 Å². The molecule has 102 valence electrons. The first-order chi connectivity index (χ1) is 8.21. The lowest BCUT2D eigenvalue weighted by Gasteiger charge is -2.46. The van der Waals surface area contributed by atoms with E-state index in [0.717, 1.165) is 4.90 Å². The van der Waals surface area contributed by atoms with E-state index in [-0.39, 0.29) is 12.3 Å². The molecule has 0 aromatic heterocycles. The second kappa shape index (κ2) is 3.61. The van der Waals surface area contributed by atoms with Crippen LogP contribution in [-0.2, 0) is 9.59 Å². The molecule has 1 amide bonds. The van der Waals surface area contributed by atoms with Crippen molar-refractivity contribution in [2.45, 2.75) is 36.4 Å². The summed E-state index contributed by atoms with van der Waals surface area (Å²) in [5.74, 6) is -2.18. The van der Waals surface area contributed by atoms with Crippen LogP contribution in [0.1, 0.15) is 20.3 Å². The SMILES string of the molecule is CC1(C)[C@H](C(=O)O)N2C(=O)C[C@H]2S1(CO)C(=O)O. The van der Waals surface area contributed by atoms with E-state index in [0.29, 0.717) is 0 Å². The van der Waals surface area contributed by atoms with Crippen molar-refractivity contribution >= 4 is 27.2 Å². The van der Waals surface area contributed by atoms with Crippen LogP contribution in [0, 0.1) is 0 Å². The van der Waals surface area contributed by atoms with E-state index in [1.165, 1.54) is 13.8 Å². The van der Waals surface area contributed by atoms with Gasteiger partial charge in [0.15, 0.2) is 0 Å². The molecule has 0 saturated carbocycles. The van der Waals surface area contributed by atoms with E-state index in [2.05, 4.69) is 0 Å². The minimum atomic E-state index is -2.67. The van der Waals surface area contributed by atoms with Gasteiger partial charge in [0.05, 0.1) is 17.7 Å². The average molecular weight is 277 g/mol. The number of carbonyl (C=O) groups is 3. The highest BCUT2D eigenvalue weighted by Gasteiger charge is 2.71. The van der Waals surface area contributed by atoms with Crippen molar-refractivity contribution in [2.24, 2.45) is 0 Å². The Morgan fingerprint density at radius 1 is 1.44 bits per heavy atom. The number of carbonyl (C=O) groups excluding carboxylic acids is 1. The first kappa shape index (κ1) is 13.2. The predicted octanol–water partition coefficient (Wildman–Crippen LogP) is 0.223. The number of aliphatic carboxylic acids is 1. The second-order valence-electron chi connectivity index (χ2n) is 4.99. The van der Waals surface area contributed by atoms with E-state index in [9.17, 15) is 29.7 Å². The zero-order chi connectivity index (χ0) is 13.9. The highest BCUT2D eigenvalue weighted by atomic mass is 32.3. The van der Waals surface area contributed by atoms with Gasteiger partial charge < -0.3 is 20.2 Å². The summed E-state index contributed by atoms with van der Waals surface area (Å²) in [5.41, 5.74) is 0. The first-order valence-electron chi connectivity index (χ1n) is 5.39. The molecule has 2 aliphatic heterocycles. The molecule has 3 atom stereocenters. The molecule has 8 heteroatoms.